The fourth-order valence-electron chi connectivity index (χ4n) is 1.91. The van der Waals surface area contributed by atoms with Crippen molar-refractivity contribution in [2.75, 3.05) is 12.7 Å². The summed E-state index contributed by atoms with van der Waals surface area (Å²) in [4.78, 5) is 0. The first-order chi connectivity index (χ1) is 10.5. The van der Waals surface area contributed by atoms with Crippen molar-refractivity contribution >= 4 is 7.60 Å². The molecule has 0 atom stereocenters. The van der Waals surface area contributed by atoms with Crippen LogP contribution in [0.5, 0.6) is 11.5 Å². The van der Waals surface area contributed by atoms with Crippen LogP contribution in [-0.2, 0) is 4.57 Å². The lowest BCUT2D eigenvalue weighted by Crippen LogP contribution is -2.09. The van der Waals surface area contributed by atoms with Gasteiger partial charge in [0, 0.05) is 0 Å². The molecule has 0 bridgehead atoms. The van der Waals surface area contributed by atoms with Crippen LogP contribution < -0.4 is 14.8 Å². The van der Waals surface area contributed by atoms with Crippen molar-refractivity contribution in [2.45, 2.75) is 20.3 Å². The van der Waals surface area contributed by atoms with Gasteiger partial charge < -0.3 is 14.8 Å². The summed E-state index contributed by atoms with van der Waals surface area (Å²) in [5.74, 6) is 1.08. The lowest BCUT2D eigenvalue weighted by atomic mass is 10.2. The molecule has 0 amide bonds. The van der Waals surface area contributed by atoms with Crippen molar-refractivity contribution in [1.82, 2.24) is 0 Å². The molecule has 2 N–H and O–H groups in total. The normalized spacial score (nSPS) is 11.2. The molecule has 0 fully saturated rings. The summed E-state index contributed by atoms with van der Waals surface area (Å²) in [6.07, 6.45) is 0.861. The maximum atomic E-state index is 13.0. The molecular formula is C17H22NO3P. The van der Waals surface area contributed by atoms with E-state index in [1.54, 1.807) is 24.3 Å². The van der Waals surface area contributed by atoms with E-state index >= 15 is 0 Å². The summed E-state index contributed by atoms with van der Waals surface area (Å²) < 4.78 is 24.3. The van der Waals surface area contributed by atoms with Gasteiger partial charge >= 0.3 is 7.60 Å². The molecule has 4 nitrogen and oxygen atoms in total. The monoisotopic (exact) mass is 319 g/mol. The Morgan fingerprint density at radius 3 is 1.64 bits per heavy atom. The molecule has 118 valence electrons. The van der Waals surface area contributed by atoms with E-state index in [9.17, 15) is 4.57 Å². The van der Waals surface area contributed by atoms with Crippen LogP contribution >= 0.6 is 7.60 Å². The minimum Gasteiger partial charge on any atom is -0.416 e. The second kappa shape index (κ2) is 7.48. The molecule has 2 rings (SSSR count). The Bertz CT molecular complexity index is 586. The van der Waals surface area contributed by atoms with Gasteiger partial charge in [0.05, 0.1) is 6.16 Å². The van der Waals surface area contributed by atoms with E-state index in [-0.39, 0.29) is 6.16 Å². The smallest absolute Gasteiger partial charge is 0.416 e. The molecule has 22 heavy (non-hydrogen) atoms. The highest BCUT2D eigenvalue weighted by molar-refractivity contribution is 7.54. The van der Waals surface area contributed by atoms with Crippen LogP contribution in [0, 0.1) is 13.8 Å². The van der Waals surface area contributed by atoms with Crippen molar-refractivity contribution in [2.24, 2.45) is 5.73 Å². The minimum atomic E-state index is -3.29. The van der Waals surface area contributed by atoms with Gasteiger partial charge in [-0.2, -0.15) is 0 Å². The minimum absolute atomic E-state index is 0.283. The number of benzene rings is 2. The number of rotatable bonds is 7. The molecule has 2 aromatic carbocycles. The largest absolute Gasteiger partial charge is 0.430 e. The van der Waals surface area contributed by atoms with Gasteiger partial charge in [-0.05, 0) is 51.1 Å². The second-order valence-corrected chi connectivity index (χ2v) is 7.32. The quantitative estimate of drug-likeness (QED) is 0.773. The highest BCUT2D eigenvalue weighted by Crippen LogP contribution is 2.48. The number of nitrogens with two attached hydrogens (primary N) is 1. The van der Waals surface area contributed by atoms with Gasteiger partial charge in [-0.15, -0.1) is 0 Å². The summed E-state index contributed by atoms with van der Waals surface area (Å²) in [6, 6.07) is 14.8. The predicted octanol–water partition coefficient (Wildman–Crippen LogP) is 4.30. The standard InChI is InChI=1S/C17H22NO3P/c1-14-4-8-16(9-5-14)20-22(19,13-3-12-18)21-17-10-6-15(2)7-11-17/h4-11H,3,12-13,18H2,1-2H3. The number of hydrogen-bond donors (Lipinski definition) is 1. The van der Waals surface area contributed by atoms with E-state index in [1.165, 1.54) is 0 Å². The average Bonchev–Trinajstić information content (AvgIpc) is 2.50. The van der Waals surface area contributed by atoms with Gasteiger partial charge in [-0.1, -0.05) is 35.4 Å². The Morgan fingerprint density at radius 2 is 1.27 bits per heavy atom. The molecule has 0 radical (unpaired) electrons. The van der Waals surface area contributed by atoms with E-state index in [2.05, 4.69) is 0 Å². The van der Waals surface area contributed by atoms with E-state index < -0.39 is 7.60 Å². The van der Waals surface area contributed by atoms with Gasteiger partial charge in [-0.25, -0.2) is 4.57 Å². The van der Waals surface area contributed by atoms with Gasteiger partial charge in [0.1, 0.15) is 11.5 Å². The van der Waals surface area contributed by atoms with Crippen LogP contribution in [0.1, 0.15) is 17.5 Å². The van der Waals surface area contributed by atoms with Crippen LogP contribution in [0.3, 0.4) is 0 Å². The molecule has 0 unspecified atom stereocenters. The van der Waals surface area contributed by atoms with Crippen LogP contribution in [0.2, 0.25) is 0 Å². The fraction of sp³-hybridized carbons (Fsp3) is 0.294. The molecular weight excluding hydrogens is 297 g/mol. The number of aryl methyl sites for hydroxylation is 2. The van der Waals surface area contributed by atoms with E-state index in [4.69, 9.17) is 14.8 Å². The molecule has 0 heterocycles. The van der Waals surface area contributed by atoms with E-state index in [0.717, 1.165) is 11.1 Å². The molecule has 0 aromatic heterocycles. The zero-order valence-corrected chi connectivity index (χ0v) is 13.9. The highest BCUT2D eigenvalue weighted by atomic mass is 31.2. The summed E-state index contributed by atoms with van der Waals surface area (Å²) in [5, 5.41) is 0. The third kappa shape index (κ3) is 4.90. The molecule has 0 saturated heterocycles. The van der Waals surface area contributed by atoms with Crippen LogP contribution in [0.25, 0.3) is 0 Å². The molecule has 0 aliphatic heterocycles. The molecule has 5 heteroatoms. The van der Waals surface area contributed by atoms with E-state index in [0.29, 0.717) is 24.5 Å². The third-order valence-electron chi connectivity index (χ3n) is 3.17. The first-order valence-electron chi connectivity index (χ1n) is 7.32. The molecule has 0 aliphatic carbocycles. The first-order valence-corrected chi connectivity index (χ1v) is 9.05. The van der Waals surface area contributed by atoms with Crippen LogP contribution in [0.4, 0.5) is 0 Å². The molecule has 2 aromatic rings. The fourth-order valence-corrected chi connectivity index (χ4v) is 3.59. The molecule has 0 spiro atoms. The Hall–Kier alpha value is -1.77. The lowest BCUT2D eigenvalue weighted by Gasteiger charge is -2.20. The average molecular weight is 319 g/mol. The zero-order chi connectivity index (χ0) is 16.0. The van der Waals surface area contributed by atoms with Crippen molar-refractivity contribution < 1.29 is 13.6 Å². The molecule has 0 aliphatic rings. The summed E-state index contributed by atoms with van der Waals surface area (Å²) >= 11 is 0. The van der Waals surface area contributed by atoms with Crippen molar-refractivity contribution in [3.8, 4) is 11.5 Å². The Labute approximate surface area is 131 Å². The zero-order valence-electron chi connectivity index (χ0n) is 13.0. The van der Waals surface area contributed by atoms with Crippen molar-refractivity contribution in [3.63, 3.8) is 0 Å². The Morgan fingerprint density at radius 1 is 0.864 bits per heavy atom. The van der Waals surface area contributed by atoms with Gasteiger partial charge in [0.2, 0.25) is 0 Å². The predicted molar refractivity (Wildman–Crippen MR) is 89.8 cm³/mol. The maximum Gasteiger partial charge on any atom is 0.430 e. The van der Waals surface area contributed by atoms with Crippen LogP contribution in [-0.4, -0.2) is 12.7 Å². The summed E-state index contributed by atoms with van der Waals surface area (Å²) in [6.45, 7) is 4.42. The van der Waals surface area contributed by atoms with Crippen molar-refractivity contribution in [1.29, 1.82) is 0 Å². The van der Waals surface area contributed by atoms with Crippen LogP contribution in [0.15, 0.2) is 48.5 Å². The maximum absolute atomic E-state index is 13.0. The third-order valence-corrected chi connectivity index (χ3v) is 5.01. The molecule has 0 saturated carbocycles. The van der Waals surface area contributed by atoms with Gasteiger partial charge in [0.15, 0.2) is 0 Å². The highest BCUT2D eigenvalue weighted by Gasteiger charge is 2.27. The summed E-state index contributed by atoms with van der Waals surface area (Å²) in [5.41, 5.74) is 7.76. The number of hydrogen-bond acceptors (Lipinski definition) is 4. The SMILES string of the molecule is Cc1ccc(OP(=O)(CCCN)Oc2ccc(C)cc2)cc1. The van der Waals surface area contributed by atoms with Gasteiger partial charge in [-0.3, -0.25) is 0 Å². The van der Waals surface area contributed by atoms with Crippen molar-refractivity contribution in [3.05, 3.63) is 59.7 Å². The first kappa shape index (κ1) is 16.6. The lowest BCUT2D eigenvalue weighted by molar-refractivity contribution is 0.384. The van der Waals surface area contributed by atoms with Gasteiger partial charge in [0.25, 0.3) is 0 Å². The summed E-state index contributed by atoms with van der Waals surface area (Å²) in [7, 11) is -3.29. The Kier molecular flexibility index (Phi) is 5.64. The Balaban J connectivity index is 2.17. The van der Waals surface area contributed by atoms with E-state index in [1.807, 2.05) is 38.1 Å². The topological polar surface area (TPSA) is 61.5 Å². The second-order valence-electron chi connectivity index (χ2n) is 5.29.